The van der Waals surface area contributed by atoms with E-state index in [9.17, 15) is 19.8 Å². The predicted molar refractivity (Wildman–Crippen MR) is 155 cm³/mol. The maximum atomic E-state index is 12.3. The number of nitrogens with one attached hydrogen (secondary N) is 2. The van der Waals surface area contributed by atoms with Crippen LogP contribution in [0.25, 0.3) is 0 Å². The minimum atomic E-state index is -0.549. The maximum absolute atomic E-state index is 12.3. The van der Waals surface area contributed by atoms with Crippen molar-refractivity contribution >= 4 is 11.8 Å². The SMILES string of the molecule is CC(=O)NCCCCCC(=O)NCc1ccc([C@H]2O[C@@H](CN3CC[C@H](O)C3)[C@@H](C)[C@@H](c3ccc(CO)cc3)O2)cc1. The Balaban J connectivity index is 1.34. The van der Waals surface area contributed by atoms with Gasteiger partial charge in [0, 0.05) is 57.5 Å². The summed E-state index contributed by atoms with van der Waals surface area (Å²) in [5.41, 5.74) is 3.81. The molecule has 2 heterocycles. The molecule has 5 atom stereocenters. The normalized spacial score (nSPS) is 24.7. The van der Waals surface area contributed by atoms with Crippen molar-refractivity contribution < 1.29 is 29.3 Å². The van der Waals surface area contributed by atoms with E-state index in [1.54, 1.807) is 0 Å². The quantitative estimate of drug-likeness (QED) is 0.274. The van der Waals surface area contributed by atoms with Crippen LogP contribution in [-0.4, -0.2) is 65.3 Å². The number of aliphatic hydroxyl groups is 2. The molecule has 0 bridgehead atoms. The Morgan fingerprint density at radius 1 is 0.951 bits per heavy atom. The molecule has 9 nitrogen and oxygen atoms in total. The third kappa shape index (κ3) is 9.34. The number of rotatable bonds is 13. The molecule has 0 unspecified atom stereocenters. The van der Waals surface area contributed by atoms with Gasteiger partial charge in [-0.15, -0.1) is 0 Å². The van der Waals surface area contributed by atoms with E-state index in [-0.39, 0.29) is 42.7 Å². The van der Waals surface area contributed by atoms with Gasteiger partial charge in [0.15, 0.2) is 6.29 Å². The lowest BCUT2D eigenvalue weighted by Crippen LogP contribution is -2.44. The monoisotopic (exact) mass is 567 g/mol. The van der Waals surface area contributed by atoms with E-state index in [1.807, 2.05) is 48.5 Å². The van der Waals surface area contributed by atoms with Gasteiger partial charge in [0.2, 0.25) is 11.8 Å². The first kappa shape index (κ1) is 31.1. The standard InChI is InChI=1S/C32H45N3O6/c1-22-29(20-35-17-15-28(38)19-35)40-32(41-31(22)26-11-9-25(21-36)10-12-26)27-13-7-24(8-14-27)18-34-30(39)6-4-3-5-16-33-23(2)37/h7-14,22,28-29,31-32,36,38H,3-6,15-21H2,1-2H3,(H,33,37)(H,34,39)/t22-,28+,29+,31+,32+/m1/s1. The van der Waals surface area contributed by atoms with Crippen molar-refractivity contribution in [2.24, 2.45) is 5.92 Å². The maximum Gasteiger partial charge on any atom is 0.220 e. The third-order valence-corrected chi connectivity index (χ3v) is 8.01. The van der Waals surface area contributed by atoms with Crippen LogP contribution in [-0.2, 0) is 32.2 Å². The Morgan fingerprint density at radius 3 is 2.32 bits per heavy atom. The van der Waals surface area contributed by atoms with E-state index < -0.39 is 6.29 Å². The number of carbonyl (C=O) groups is 2. The molecule has 0 radical (unpaired) electrons. The van der Waals surface area contributed by atoms with Crippen LogP contribution >= 0.6 is 0 Å². The van der Waals surface area contributed by atoms with Gasteiger partial charge in [0.05, 0.1) is 24.9 Å². The van der Waals surface area contributed by atoms with Crippen LogP contribution in [0.4, 0.5) is 0 Å². The summed E-state index contributed by atoms with van der Waals surface area (Å²) in [5.74, 6) is 0.0799. The smallest absolute Gasteiger partial charge is 0.220 e. The van der Waals surface area contributed by atoms with E-state index in [0.29, 0.717) is 26.1 Å². The molecule has 0 aliphatic carbocycles. The van der Waals surface area contributed by atoms with Crippen LogP contribution in [0.5, 0.6) is 0 Å². The number of nitrogens with zero attached hydrogens (tertiary/aromatic N) is 1. The number of aliphatic hydroxyl groups excluding tert-OH is 2. The molecule has 2 aromatic carbocycles. The highest BCUT2D eigenvalue weighted by Crippen LogP contribution is 2.42. The fraction of sp³-hybridized carbons (Fsp3) is 0.562. The van der Waals surface area contributed by atoms with Crippen LogP contribution in [0.2, 0.25) is 0 Å². The Labute approximate surface area is 243 Å². The lowest BCUT2D eigenvalue weighted by molar-refractivity contribution is -0.276. The molecule has 41 heavy (non-hydrogen) atoms. The van der Waals surface area contributed by atoms with Crippen molar-refractivity contribution in [2.45, 2.75) is 83.7 Å². The predicted octanol–water partition coefficient (Wildman–Crippen LogP) is 3.35. The fourth-order valence-corrected chi connectivity index (χ4v) is 5.49. The number of hydrogen-bond donors (Lipinski definition) is 4. The van der Waals surface area contributed by atoms with Gasteiger partial charge >= 0.3 is 0 Å². The first-order valence-corrected chi connectivity index (χ1v) is 14.8. The number of hydrogen-bond acceptors (Lipinski definition) is 7. The van der Waals surface area contributed by atoms with E-state index in [4.69, 9.17) is 9.47 Å². The number of carbonyl (C=O) groups excluding carboxylic acids is 2. The largest absolute Gasteiger partial charge is 0.392 e. The zero-order chi connectivity index (χ0) is 29.2. The summed E-state index contributed by atoms with van der Waals surface area (Å²) in [6.07, 6.45) is 2.70. The highest BCUT2D eigenvalue weighted by atomic mass is 16.7. The number of ether oxygens (including phenoxy) is 2. The molecule has 2 saturated heterocycles. The molecule has 2 aromatic rings. The fourth-order valence-electron chi connectivity index (χ4n) is 5.49. The molecule has 2 aliphatic rings. The minimum Gasteiger partial charge on any atom is -0.392 e. The van der Waals surface area contributed by atoms with Crippen molar-refractivity contribution in [1.82, 2.24) is 15.5 Å². The molecule has 0 spiro atoms. The van der Waals surface area contributed by atoms with Crippen LogP contribution in [0.3, 0.4) is 0 Å². The number of unbranched alkanes of at least 4 members (excludes halogenated alkanes) is 2. The van der Waals surface area contributed by atoms with Gasteiger partial charge in [-0.2, -0.15) is 0 Å². The van der Waals surface area contributed by atoms with Crippen LogP contribution in [0, 0.1) is 5.92 Å². The molecule has 0 aromatic heterocycles. The van der Waals surface area contributed by atoms with Gasteiger partial charge < -0.3 is 30.3 Å². The van der Waals surface area contributed by atoms with Gasteiger partial charge in [0.1, 0.15) is 0 Å². The summed E-state index contributed by atoms with van der Waals surface area (Å²) >= 11 is 0. The molecule has 4 rings (SSSR count). The highest BCUT2D eigenvalue weighted by molar-refractivity contribution is 5.75. The lowest BCUT2D eigenvalue weighted by Gasteiger charge is -2.42. The molecule has 9 heteroatoms. The Bertz CT molecular complexity index is 1110. The molecule has 224 valence electrons. The molecule has 4 N–H and O–H groups in total. The van der Waals surface area contributed by atoms with Crippen molar-refractivity contribution in [2.75, 3.05) is 26.2 Å². The van der Waals surface area contributed by atoms with E-state index in [2.05, 4.69) is 22.5 Å². The summed E-state index contributed by atoms with van der Waals surface area (Å²) in [5, 5.41) is 25.3. The molecule has 0 saturated carbocycles. The minimum absolute atomic E-state index is 0.000256. The van der Waals surface area contributed by atoms with Crippen molar-refractivity contribution in [1.29, 1.82) is 0 Å². The van der Waals surface area contributed by atoms with Crippen LogP contribution in [0.15, 0.2) is 48.5 Å². The second kappa shape index (κ2) is 15.4. The number of β-amino-alcohol motifs (C(OH)–C–C–N with tert-alkyl or cyclic N) is 1. The van der Waals surface area contributed by atoms with Crippen molar-refractivity contribution in [3.63, 3.8) is 0 Å². The average molecular weight is 568 g/mol. The summed E-state index contributed by atoms with van der Waals surface area (Å²) in [6, 6.07) is 15.9. The van der Waals surface area contributed by atoms with Crippen molar-refractivity contribution in [3.05, 3.63) is 70.8 Å². The molecule has 2 fully saturated rings. The summed E-state index contributed by atoms with van der Waals surface area (Å²) < 4.78 is 13.1. The topological polar surface area (TPSA) is 120 Å². The number of benzene rings is 2. The van der Waals surface area contributed by atoms with E-state index >= 15 is 0 Å². The van der Waals surface area contributed by atoms with Crippen LogP contribution in [0.1, 0.15) is 80.6 Å². The first-order chi connectivity index (χ1) is 19.8. The molecule has 2 aliphatic heterocycles. The van der Waals surface area contributed by atoms with Crippen LogP contribution < -0.4 is 10.6 Å². The van der Waals surface area contributed by atoms with Gasteiger partial charge in [0.25, 0.3) is 0 Å². The van der Waals surface area contributed by atoms with Gasteiger partial charge in [-0.3, -0.25) is 14.5 Å². The summed E-state index contributed by atoms with van der Waals surface area (Å²) in [7, 11) is 0. The van der Waals surface area contributed by atoms with Gasteiger partial charge in [-0.05, 0) is 36.0 Å². The van der Waals surface area contributed by atoms with Crippen molar-refractivity contribution in [3.8, 4) is 0 Å². The van der Waals surface area contributed by atoms with E-state index in [1.165, 1.54) is 6.92 Å². The summed E-state index contributed by atoms with van der Waals surface area (Å²) in [6.45, 7) is 6.99. The van der Waals surface area contributed by atoms with E-state index in [0.717, 1.165) is 61.0 Å². The molecular weight excluding hydrogens is 522 g/mol. The average Bonchev–Trinajstić information content (AvgIpc) is 3.39. The number of likely N-dealkylation sites (tertiary alicyclic amines) is 1. The Kier molecular flexibility index (Phi) is 11.7. The second-order valence-electron chi connectivity index (χ2n) is 11.3. The van der Waals surface area contributed by atoms with Gasteiger partial charge in [-0.25, -0.2) is 0 Å². The zero-order valence-electron chi connectivity index (χ0n) is 24.3. The first-order valence-electron chi connectivity index (χ1n) is 14.8. The Morgan fingerprint density at radius 2 is 1.66 bits per heavy atom. The van der Waals surface area contributed by atoms with Gasteiger partial charge in [-0.1, -0.05) is 61.9 Å². The second-order valence-corrected chi connectivity index (χ2v) is 11.3. The lowest BCUT2D eigenvalue weighted by atomic mass is 9.90. The molecular formula is C32H45N3O6. The Hall–Kier alpha value is -2.82. The molecule has 2 amide bonds. The number of amides is 2. The zero-order valence-corrected chi connectivity index (χ0v) is 24.3. The highest BCUT2D eigenvalue weighted by Gasteiger charge is 2.39. The summed E-state index contributed by atoms with van der Waals surface area (Å²) in [4.78, 5) is 25.4. The third-order valence-electron chi connectivity index (χ3n) is 8.01.